The molecule has 17 heteroatoms. The summed E-state index contributed by atoms with van der Waals surface area (Å²) in [6, 6.07) is 0. The minimum absolute atomic E-state index is 0.376. The van der Waals surface area contributed by atoms with Crippen LogP contribution in [0.3, 0.4) is 0 Å². The minimum Gasteiger partial charge on any atom is -0.379 e. The van der Waals surface area contributed by atoms with Gasteiger partial charge in [0.05, 0.1) is 45.8 Å². The van der Waals surface area contributed by atoms with Crippen LogP contribution in [0.5, 0.6) is 0 Å². The molecule has 10 nitrogen and oxygen atoms in total. The summed E-state index contributed by atoms with van der Waals surface area (Å²) in [5.41, 5.74) is 0. The van der Waals surface area contributed by atoms with Gasteiger partial charge in [-0.2, -0.15) is 13.2 Å². The lowest BCUT2D eigenvalue weighted by Gasteiger charge is -2.25. The Labute approximate surface area is 250 Å². The summed E-state index contributed by atoms with van der Waals surface area (Å²) >= 11 is 7.22. The van der Waals surface area contributed by atoms with Gasteiger partial charge in [-0.15, -0.1) is 22.7 Å². The number of alkyl halides is 3. The number of ketones is 1. The lowest BCUT2D eigenvalue weighted by Crippen LogP contribution is -2.36. The van der Waals surface area contributed by atoms with Crippen molar-refractivity contribution in [2.75, 3.05) is 88.7 Å². The summed E-state index contributed by atoms with van der Waals surface area (Å²) in [7, 11) is 0. The van der Waals surface area contributed by atoms with Gasteiger partial charge in [0, 0.05) is 62.4 Å². The highest BCUT2D eigenvalue weighted by atomic mass is 79.9. The number of aromatic nitrogens is 3. The first-order chi connectivity index (χ1) is 19.3. The molecule has 3 aliphatic heterocycles. The number of anilines is 2. The van der Waals surface area contributed by atoms with Crippen LogP contribution < -0.4 is 15.1 Å². The highest BCUT2D eigenvalue weighted by molar-refractivity contribution is 9.11. The van der Waals surface area contributed by atoms with Crippen molar-refractivity contribution in [1.29, 1.82) is 0 Å². The Kier molecular flexibility index (Phi) is 14.7. The Morgan fingerprint density at radius 2 is 1.38 bits per heavy atom. The fraction of sp³-hybridized carbons (Fsp3) is 0.565. The highest BCUT2D eigenvalue weighted by Crippen LogP contribution is 2.29. The Balaban J connectivity index is 0.000000163. The van der Waals surface area contributed by atoms with Crippen LogP contribution in [0.15, 0.2) is 33.3 Å². The second kappa shape index (κ2) is 17.9. The van der Waals surface area contributed by atoms with Crippen molar-refractivity contribution in [3.8, 4) is 0 Å². The van der Waals surface area contributed by atoms with Crippen LogP contribution in [-0.2, 0) is 14.2 Å². The van der Waals surface area contributed by atoms with Gasteiger partial charge in [0.15, 0.2) is 14.2 Å². The average Bonchev–Trinajstić information content (AvgIpc) is 3.79. The van der Waals surface area contributed by atoms with Gasteiger partial charge in [-0.25, -0.2) is 15.0 Å². The van der Waals surface area contributed by atoms with E-state index in [2.05, 4.69) is 41.1 Å². The molecule has 0 spiro atoms. The van der Waals surface area contributed by atoms with E-state index in [9.17, 15) is 18.0 Å². The maximum Gasteiger partial charge on any atom is 0.455 e. The molecule has 1 N–H and O–H groups in total. The van der Waals surface area contributed by atoms with E-state index in [-0.39, 0.29) is 4.88 Å². The summed E-state index contributed by atoms with van der Waals surface area (Å²) in [5, 5.41) is 8.64. The molecular formula is C23H30BrF3N6O4S3. The summed E-state index contributed by atoms with van der Waals surface area (Å²) in [4.78, 5) is 26.6. The van der Waals surface area contributed by atoms with Gasteiger partial charge < -0.3 is 29.3 Å². The summed E-state index contributed by atoms with van der Waals surface area (Å²) < 4.78 is 52.9. The molecule has 0 aromatic carbocycles. The fourth-order valence-corrected chi connectivity index (χ4v) is 5.68. The SMILES string of the molecule is Brc1nccs1.C1COCCN1.O=C(c1cnc(N2CCOCC2)s1)C(F)(F)F.c1csc(N2CCOCC2)n1. The number of rotatable bonds is 3. The molecule has 0 atom stereocenters. The van der Waals surface area contributed by atoms with E-state index in [0.29, 0.717) is 31.4 Å². The standard InChI is InChI=1S/C9H9F3N2O2S.C7H10N2OS.C4H9NO.C3H2BrNS/c10-9(11,12)7(15)6-5-13-8(17-6)14-1-3-16-4-2-14;1-6-11-7(8-1)9-2-4-10-5-3-9;1-3-6-4-2-5-1;4-3-5-1-2-6-3/h5H,1-4H2;1,6H,2-5H2;5H,1-4H2;1-2H. The van der Waals surface area contributed by atoms with Gasteiger partial charge in [0.1, 0.15) is 4.88 Å². The third-order valence-corrected chi connectivity index (χ3v) is 8.42. The fourth-order valence-electron chi connectivity index (χ4n) is 3.26. The molecule has 6 rings (SSSR count). The van der Waals surface area contributed by atoms with Crippen molar-refractivity contribution in [2.45, 2.75) is 6.18 Å². The molecular weight excluding hydrogens is 657 g/mol. The predicted octanol–water partition coefficient (Wildman–Crippen LogP) is 4.22. The molecule has 0 unspecified atom stereocenters. The van der Waals surface area contributed by atoms with E-state index in [4.69, 9.17) is 14.2 Å². The molecule has 0 bridgehead atoms. The normalized spacial score (nSPS) is 17.4. The van der Waals surface area contributed by atoms with Crippen LogP contribution in [-0.4, -0.2) is 106 Å². The minimum atomic E-state index is -4.84. The Morgan fingerprint density at radius 1 is 0.825 bits per heavy atom. The van der Waals surface area contributed by atoms with Gasteiger partial charge in [-0.05, 0) is 15.9 Å². The monoisotopic (exact) mass is 686 g/mol. The molecule has 3 aromatic rings. The number of Topliss-reactive ketones (excluding diaryl/α,β-unsaturated/α-hetero) is 1. The molecule has 0 saturated carbocycles. The number of halogens is 4. The van der Waals surface area contributed by atoms with E-state index in [0.717, 1.165) is 79.2 Å². The third-order valence-electron chi connectivity index (χ3n) is 5.21. The summed E-state index contributed by atoms with van der Waals surface area (Å²) in [6.07, 6.45) is -0.260. The molecule has 6 heterocycles. The second-order valence-corrected chi connectivity index (χ2v) is 12.0. The van der Waals surface area contributed by atoms with Gasteiger partial charge in [-0.1, -0.05) is 11.3 Å². The number of thiazole rings is 3. The first kappa shape index (κ1) is 32.8. The molecule has 0 amide bonds. The molecule has 3 aromatic heterocycles. The van der Waals surface area contributed by atoms with Gasteiger partial charge in [-0.3, -0.25) is 4.79 Å². The summed E-state index contributed by atoms with van der Waals surface area (Å²) in [5.74, 6) is -1.84. The maximum atomic E-state index is 12.2. The van der Waals surface area contributed by atoms with Gasteiger partial charge in [0.2, 0.25) is 0 Å². The third kappa shape index (κ3) is 12.0. The predicted molar refractivity (Wildman–Crippen MR) is 154 cm³/mol. The van der Waals surface area contributed by atoms with Crippen molar-refractivity contribution in [3.63, 3.8) is 0 Å². The van der Waals surface area contributed by atoms with E-state index in [1.807, 2.05) is 17.0 Å². The number of carbonyl (C=O) groups is 1. The highest BCUT2D eigenvalue weighted by Gasteiger charge is 2.40. The first-order valence-corrected chi connectivity index (χ1v) is 15.7. The van der Waals surface area contributed by atoms with Crippen molar-refractivity contribution in [3.05, 3.63) is 38.1 Å². The topological polar surface area (TPSA) is 102 Å². The number of nitrogens with one attached hydrogen (secondary N) is 1. The molecule has 3 fully saturated rings. The summed E-state index contributed by atoms with van der Waals surface area (Å²) in [6.45, 7) is 9.64. The smallest absolute Gasteiger partial charge is 0.379 e. The van der Waals surface area contributed by atoms with E-state index in [1.54, 1.807) is 33.8 Å². The Bertz CT molecular complexity index is 1060. The first-order valence-electron chi connectivity index (χ1n) is 12.3. The largest absolute Gasteiger partial charge is 0.455 e. The van der Waals surface area contributed by atoms with Crippen LogP contribution in [0.4, 0.5) is 23.4 Å². The van der Waals surface area contributed by atoms with Crippen molar-refractivity contribution in [1.82, 2.24) is 20.3 Å². The number of hydrogen-bond donors (Lipinski definition) is 1. The van der Waals surface area contributed by atoms with Gasteiger partial charge >= 0.3 is 6.18 Å². The maximum absolute atomic E-state index is 12.2. The molecule has 222 valence electrons. The lowest BCUT2D eigenvalue weighted by molar-refractivity contribution is -0.0882. The zero-order valence-corrected chi connectivity index (χ0v) is 25.5. The van der Waals surface area contributed by atoms with E-state index < -0.39 is 12.0 Å². The van der Waals surface area contributed by atoms with Crippen LogP contribution in [0, 0.1) is 0 Å². The quantitative estimate of drug-likeness (QED) is 0.403. The Hall–Kier alpha value is -1.73. The van der Waals surface area contributed by atoms with Crippen molar-refractivity contribution >= 4 is 66.0 Å². The number of ether oxygens (including phenoxy) is 3. The number of nitrogens with zero attached hydrogens (tertiary/aromatic N) is 5. The van der Waals surface area contributed by atoms with Crippen LogP contribution >= 0.6 is 49.9 Å². The number of hydrogen-bond acceptors (Lipinski definition) is 13. The van der Waals surface area contributed by atoms with Crippen LogP contribution in [0.25, 0.3) is 0 Å². The Morgan fingerprint density at radius 3 is 1.77 bits per heavy atom. The number of carbonyl (C=O) groups excluding carboxylic acids is 1. The molecule has 3 aliphatic rings. The zero-order valence-electron chi connectivity index (χ0n) is 21.5. The zero-order chi connectivity index (χ0) is 28.6. The van der Waals surface area contributed by atoms with E-state index >= 15 is 0 Å². The van der Waals surface area contributed by atoms with Crippen molar-refractivity contribution in [2.24, 2.45) is 0 Å². The number of morpholine rings is 3. The molecule has 0 aliphatic carbocycles. The molecule has 0 radical (unpaired) electrons. The lowest BCUT2D eigenvalue weighted by atomic mass is 10.3. The van der Waals surface area contributed by atoms with Crippen LogP contribution in [0.2, 0.25) is 0 Å². The van der Waals surface area contributed by atoms with Gasteiger partial charge in [0.25, 0.3) is 5.78 Å². The molecule has 3 saturated heterocycles. The second-order valence-electron chi connectivity index (χ2n) is 7.99. The van der Waals surface area contributed by atoms with Crippen molar-refractivity contribution < 1.29 is 32.2 Å². The van der Waals surface area contributed by atoms with E-state index in [1.165, 1.54) is 0 Å². The molecule has 40 heavy (non-hydrogen) atoms. The van der Waals surface area contributed by atoms with Crippen LogP contribution in [0.1, 0.15) is 9.67 Å². The average molecular weight is 688 g/mol.